The minimum absolute atomic E-state index is 0.180. The number of benzene rings is 1. The minimum Gasteiger partial charge on any atom is -0.444 e. The molecule has 0 saturated heterocycles. The van der Waals surface area contributed by atoms with Gasteiger partial charge in [-0.3, -0.25) is 0 Å². The number of aryl methyl sites for hydroxylation is 1. The average Bonchev–Trinajstić information content (AvgIpc) is 3.53. The third kappa shape index (κ3) is 6.97. The summed E-state index contributed by atoms with van der Waals surface area (Å²) in [4.78, 5) is 11.9. The molecule has 2 atom stereocenters. The largest absolute Gasteiger partial charge is 0.444 e. The second-order valence-corrected chi connectivity index (χ2v) is 10.1. The highest BCUT2D eigenvalue weighted by atomic mass is 16.6. The summed E-state index contributed by atoms with van der Waals surface area (Å²) < 4.78 is 8.84. The lowest BCUT2D eigenvalue weighted by molar-refractivity contribution is 0.0526. The predicted molar refractivity (Wildman–Crippen MR) is 134 cm³/mol. The fourth-order valence-electron chi connectivity index (χ4n) is 4.15. The first-order chi connectivity index (χ1) is 17.3. The van der Waals surface area contributed by atoms with E-state index >= 15 is 0 Å². The number of amides is 1. The summed E-state index contributed by atoms with van der Waals surface area (Å²) in [5, 5.41) is 27.1. The Morgan fingerprint density at radius 2 is 2.03 bits per heavy atom. The van der Waals surface area contributed by atoms with Gasteiger partial charge in [-0.1, -0.05) is 29.0 Å². The molecule has 1 unspecified atom stereocenters. The molecule has 2 N–H and O–H groups in total. The van der Waals surface area contributed by atoms with Crippen molar-refractivity contribution in [2.75, 3.05) is 6.54 Å². The molecule has 1 aromatic carbocycles. The molecule has 1 aliphatic rings. The Balaban J connectivity index is 1.47. The number of alkyl carbamates (subject to hydrolysis) is 1. The van der Waals surface area contributed by atoms with E-state index in [2.05, 4.69) is 61.6 Å². The maximum atomic E-state index is 11.9. The lowest BCUT2D eigenvalue weighted by Gasteiger charge is -2.27. The van der Waals surface area contributed by atoms with Gasteiger partial charge in [-0.05, 0) is 81.5 Å². The number of hydrogen-bond acceptors (Lipinski definition) is 8. The quantitative estimate of drug-likeness (QED) is 0.343. The van der Waals surface area contributed by atoms with Crippen molar-refractivity contribution >= 4 is 6.09 Å². The third-order valence-corrected chi connectivity index (χ3v) is 5.99. The van der Waals surface area contributed by atoms with Gasteiger partial charge in [0.05, 0.1) is 24.1 Å². The van der Waals surface area contributed by atoms with Crippen molar-refractivity contribution in [3.05, 3.63) is 59.7 Å². The summed E-state index contributed by atoms with van der Waals surface area (Å²) in [7, 11) is 0. The van der Waals surface area contributed by atoms with Crippen LogP contribution in [-0.4, -0.2) is 59.5 Å². The van der Waals surface area contributed by atoms with Gasteiger partial charge in [0.1, 0.15) is 5.60 Å². The lowest BCUT2D eigenvalue weighted by atomic mass is 9.94. The Labute approximate surface area is 211 Å². The molecule has 36 heavy (non-hydrogen) atoms. The van der Waals surface area contributed by atoms with Crippen LogP contribution in [0.5, 0.6) is 0 Å². The molecular formula is C25H35N9O2. The van der Waals surface area contributed by atoms with Gasteiger partial charge < -0.3 is 15.4 Å². The van der Waals surface area contributed by atoms with Gasteiger partial charge in [0.25, 0.3) is 0 Å². The van der Waals surface area contributed by atoms with Crippen molar-refractivity contribution < 1.29 is 9.53 Å². The normalized spacial score (nSPS) is 16.9. The Kier molecular flexibility index (Phi) is 8.09. The van der Waals surface area contributed by atoms with Gasteiger partial charge in [-0.15, -0.1) is 10.2 Å². The van der Waals surface area contributed by atoms with Crippen LogP contribution < -0.4 is 10.6 Å². The fourth-order valence-corrected chi connectivity index (χ4v) is 4.15. The van der Waals surface area contributed by atoms with E-state index < -0.39 is 11.7 Å². The Morgan fingerprint density at radius 1 is 1.22 bits per heavy atom. The number of ether oxygens (including phenoxy) is 1. The summed E-state index contributed by atoms with van der Waals surface area (Å²) in [5.74, 6) is 0.743. The van der Waals surface area contributed by atoms with Crippen LogP contribution in [0.15, 0.2) is 48.3 Å². The van der Waals surface area contributed by atoms with Crippen LogP contribution in [0.3, 0.4) is 0 Å². The van der Waals surface area contributed by atoms with Crippen molar-refractivity contribution in [2.45, 2.75) is 77.6 Å². The highest BCUT2D eigenvalue weighted by molar-refractivity contribution is 5.67. The predicted octanol–water partition coefficient (Wildman–Crippen LogP) is 3.35. The van der Waals surface area contributed by atoms with E-state index in [9.17, 15) is 4.79 Å². The monoisotopic (exact) mass is 493 g/mol. The second-order valence-electron chi connectivity index (χ2n) is 10.1. The van der Waals surface area contributed by atoms with Gasteiger partial charge in [0, 0.05) is 19.1 Å². The first kappa shape index (κ1) is 25.5. The highest BCUT2D eigenvalue weighted by Crippen LogP contribution is 2.26. The van der Waals surface area contributed by atoms with Gasteiger partial charge in [-0.25, -0.2) is 14.2 Å². The van der Waals surface area contributed by atoms with Crippen molar-refractivity contribution in [3.63, 3.8) is 0 Å². The maximum Gasteiger partial charge on any atom is 0.407 e. The number of nitrogens with one attached hydrogen (secondary N) is 2. The molecule has 2 aromatic heterocycles. The molecule has 2 heterocycles. The molecule has 0 fully saturated rings. The van der Waals surface area contributed by atoms with Crippen molar-refractivity contribution in [1.82, 2.24) is 45.8 Å². The first-order valence-electron chi connectivity index (χ1n) is 12.4. The van der Waals surface area contributed by atoms with E-state index in [1.807, 2.05) is 43.8 Å². The van der Waals surface area contributed by atoms with Crippen LogP contribution in [0.4, 0.5) is 4.79 Å². The van der Waals surface area contributed by atoms with E-state index in [1.165, 1.54) is 5.57 Å². The SMILES string of the molecule is CC1=CC[C@H](NC(c2ccc(-n3ccnn3)cc2)c2nnnn2CCCNC(=O)OC(C)(C)C)CC1. The van der Waals surface area contributed by atoms with Crippen molar-refractivity contribution in [1.29, 1.82) is 0 Å². The Bertz CT molecular complexity index is 1150. The zero-order valence-corrected chi connectivity index (χ0v) is 21.4. The molecule has 11 heteroatoms. The van der Waals surface area contributed by atoms with Crippen LogP contribution >= 0.6 is 0 Å². The van der Waals surface area contributed by atoms with Crippen LogP contribution in [-0.2, 0) is 11.3 Å². The number of carbonyl (C=O) groups is 1. The van der Waals surface area contributed by atoms with Gasteiger partial charge in [0.2, 0.25) is 0 Å². The number of rotatable bonds is 9. The third-order valence-electron chi connectivity index (χ3n) is 5.99. The van der Waals surface area contributed by atoms with E-state index in [0.717, 1.165) is 36.3 Å². The maximum absolute atomic E-state index is 11.9. The molecule has 0 saturated carbocycles. The average molecular weight is 494 g/mol. The van der Waals surface area contributed by atoms with Crippen molar-refractivity contribution in [3.8, 4) is 5.69 Å². The number of aromatic nitrogens is 7. The molecule has 0 aliphatic heterocycles. The zero-order valence-electron chi connectivity index (χ0n) is 21.4. The summed E-state index contributed by atoms with van der Waals surface area (Å²) in [6.45, 7) is 8.74. The Hall–Kier alpha value is -3.60. The van der Waals surface area contributed by atoms with Gasteiger partial charge in [-0.2, -0.15) is 0 Å². The van der Waals surface area contributed by atoms with E-state index in [0.29, 0.717) is 25.6 Å². The summed E-state index contributed by atoms with van der Waals surface area (Å²) in [6, 6.07) is 8.32. The van der Waals surface area contributed by atoms with E-state index in [-0.39, 0.29) is 6.04 Å². The molecule has 4 rings (SSSR count). The number of carbonyl (C=O) groups excluding carboxylic acids is 1. The van der Waals surface area contributed by atoms with Gasteiger partial charge >= 0.3 is 6.09 Å². The summed E-state index contributed by atoms with van der Waals surface area (Å²) in [6.07, 6.45) is 9.13. The van der Waals surface area contributed by atoms with E-state index in [4.69, 9.17) is 4.74 Å². The van der Waals surface area contributed by atoms with Crippen LogP contribution in [0.25, 0.3) is 5.69 Å². The molecular weight excluding hydrogens is 458 g/mol. The van der Waals surface area contributed by atoms with Crippen LogP contribution in [0.1, 0.15) is 70.8 Å². The molecule has 1 aliphatic carbocycles. The summed E-state index contributed by atoms with van der Waals surface area (Å²) >= 11 is 0. The first-order valence-corrected chi connectivity index (χ1v) is 12.4. The molecule has 11 nitrogen and oxygen atoms in total. The number of tetrazole rings is 1. The van der Waals surface area contributed by atoms with Gasteiger partial charge in [0.15, 0.2) is 5.82 Å². The topological polar surface area (TPSA) is 125 Å². The highest BCUT2D eigenvalue weighted by Gasteiger charge is 2.25. The summed E-state index contributed by atoms with van der Waals surface area (Å²) in [5.41, 5.74) is 2.90. The number of hydrogen-bond donors (Lipinski definition) is 2. The molecule has 0 radical (unpaired) electrons. The van der Waals surface area contributed by atoms with Crippen LogP contribution in [0.2, 0.25) is 0 Å². The smallest absolute Gasteiger partial charge is 0.407 e. The molecule has 0 bridgehead atoms. The Morgan fingerprint density at radius 3 is 2.69 bits per heavy atom. The molecule has 192 valence electrons. The molecule has 1 amide bonds. The number of nitrogens with zero attached hydrogens (tertiary/aromatic N) is 7. The standard InChI is InChI=1S/C25H35N9O2/c1-18-6-10-20(11-7-18)28-22(19-8-12-21(13-9-19)33-17-15-27-31-33)23-29-30-32-34(23)16-5-14-26-24(35)36-25(2,3)4/h6,8-9,12-13,15,17,20,22,28H,5,7,10-11,14,16H2,1-4H3,(H,26,35)/t20-,22?/m0/s1. The fraction of sp³-hybridized carbons (Fsp3) is 0.520. The van der Waals surface area contributed by atoms with Crippen LogP contribution in [0, 0.1) is 0 Å². The lowest BCUT2D eigenvalue weighted by Crippen LogP contribution is -2.36. The molecule has 3 aromatic rings. The van der Waals surface area contributed by atoms with E-state index in [1.54, 1.807) is 10.9 Å². The molecule has 0 spiro atoms. The zero-order chi connectivity index (χ0) is 25.5. The van der Waals surface area contributed by atoms with Crippen molar-refractivity contribution in [2.24, 2.45) is 0 Å². The number of allylic oxidation sites excluding steroid dienone is 1. The second kappa shape index (κ2) is 11.4. The minimum atomic E-state index is -0.526.